The first-order valence-electron chi connectivity index (χ1n) is 5.00. The maximum atomic E-state index is 11.9. The van der Waals surface area contributed by atoms with Crippen LogP contribution < -0.4 is 5.32 Å². The van der Waals surface area contributed by atoms with E-state index in [1.807, 2.05) is 45.0 Å². The lowest BCUT2D eigenvalue weighted by molar-refractivity contribution is 0.0951. The topological polar surface area (TPSA) is 29.1 Å². The number of likely N-dealkylation sites (N-methyl/N-ethyl adjacent to an activating group) is 1. The Morgan fingerprint density at radius 3 is 2.64 bits per heavy atom. The number of benzene rings is 1. The van der Waals surface area contributed by atoms with Crippen LogP contribution in [0.15, 0.2) is 24.3 Å². The number of hydrogen-bond donors (Lipinski definition) is 1. The summed E-state index contributed by atoms with van der Waals surface area (Å²) >= 11 is 0. The Kier molecular flexibility index (Phi) is 3.84. The van der Waals surface area contributed by atoms with Crippen LogP contribution in [-0.2, 0) is 0 Å². The van der Waals surface area contributed by atoms with E-state index < -0.39 is 0 Å². The monoisotopic (exact) mass is 191 g/mol. The SMILES string of the molecule is CCN[C@@H](C)C(=O)c1ccccc1C. The lowest BCUT2D eigenvalue weighted by Gasteiger charge is -2.12. The normalized spacial score (nSPS) is 12.5. The van der Waals surface area contributed by atoms with E-state index in [0.717, 1.165) is 17.7 Å². The van der Waals surface area contributed by atoms with Gasteiger partial charge in [0.15, 0.2) is 5.78 Å². The predicted molar refractivity (Wildman–Crippen MR) is 58.6 cm³/mol. The van der Waals surface area contributed by atoms with Crippen LogP contribution in [0.3, 0.4) is 0 Å². The van der Waals surface area contributed by atoms with Crippen molar-refractivity contribution in [2.45, 2.75) is 26.8 Å². The van der Waals surface area contributed by atoms with Gasteiger partial charge in [-0.05, 0) is 26.0 Å². The fourth-order valence-electron chi connectivity index (χ4n) is 1.48. The molecule has 0 amide bonds. The molecule has 0 aromatic heterocycles. The summed E-state index contributed by atoms with van der Waals surface area (Å²) < 4.78 is 0. The molecule has 0 saturated carbocycles. The lowest BCUT2D eigenvalue weighted by atomic mass is 10.0. The fraction of sp³-hybridized carbons (Fsp3) is 0.417. The lowest BCUT2D eigenvalue weighted by Crippen LogP contribution is -2.34. The molecule has 1 aromatic carbocycles. The highest BCUT2D eigenvalue weighted by Crippen LogP contribution is 2.09. The van der Waals surface area contributed by atoms with Crippen LogP contribution in [0.4, 0.5) is 0 Å². The van der Waals surface area contributed by atoms with Crippen molar-refractivity contribution in [2.75, 3.05) is 6.54 Å². The smallest absolute Gasteiger partial charge is 0.179 e. The average Bonchev–Trinajstić information content (AvgIpc) is 2.18. The molecule has 0 bridgehead atoms. The summed E-state index contributed by atoms with van der Waals surface area (Å²) in [5, 5.41) is 3.12. The summed E-state index contributed by atoms with van der Waals surface area (Å²) in [4.78, 5) is 11.9. The highest BCUT2D eigenvalue weighted by Gasteiger charge is 2.14. The number of Topliss-reactive ketones (excluding diaryl/α,β-unsaturated/α-hetero) is 1. The molecule has 1 N–H and O–H groups in total. The van der Waals surface area contributed by atoms with E-state index in [4.69, 9.17) is 0 Å². The van der Waals surface area contributed by atoms with Gasteiger partial charge in [-0.15, -0.1) is 0 Å². The molecule has 1 rings (SSSR count). The molecule has 1 aromatic rings. The number of nitrogens with one attached hydrogen (secondary N) is 1. The second-order valence-electron chi connectivity index (χ2n) is 3.46. The van der Waals surface area contributed by atoms with E-state index >= 15 is 0 Å². The third kappa shape index (κ3) is 2.42. The Morgan fingerprint density at radius 2 is 2.07 bits per heavy atom. The first-order valence-corrected chi connectivity index (χ1v) is 5.00. The molecule has 0 saturated heterocycles. The quantitative estimate of drug-likeness (QED) is 0.739. The second-order valence-corrected chi connectivity index (χ2v) is 3.46. The van der Waals surface area contributed by atoms with Gasteiger partial charge in [0.25, 0.3) is 0 Å². The molecule has 0 aliphatic heterocycles. The molecule has 2 heteroatoms. The first-order chi connectivity index (χ1) is 6.66. The zero-order chi connectivity index (χ0) is 10.6. The number of ketones is 1. The molecule has 0 fully saturated rings. The minimum atomic E-state index is -0.0962. The van der Waals surface area contributed by atoms with Crippen molar-refractivity contribution >= 4 is 5.78 Å². The largest absolute Gasteiger partial charge is 0.308 e. The summed E-state index contributed by atoms with van der Waals surface area (Å²) in [7, 11) is 0. The van der Waals surface area contributed by atoms with Gasteiger partial charge >= 0.3 is 0 Å². The number of rotatable bonds is 4. The molecule has 76 valence electrons. The van der Waals surface area contributed by atoms with E-state index in [1.165, 1.54) is 0 Å². The summed E-state index contributed by atoms with van der Waals surface area (Å²) in [5.74, 6) is 0.171. The fourth-order valence-corrected chi connectivity index (χ4v) is 1.48. The highest BCUT2D eigenvalue weighted by atomic mass is 16.1. The second kappa shape index (κ2) is 4.91. The van der Waals surface area contributed by atoms with Gasteiger partial charge < -0.3 is 5.32 Å². The predicted octanol–water partition coefficient (Wildman–Crippen LogP) is 2.18. The van der Waals surface area contributed by atoms with E-state index in [0.29, 0.717) is 0 Å². The van der Waals surface area contributed by atoms with Crippen LogP contribution in [0.5, 0.6) is 0 Å². The van der Waals surface area contributed by atoms with Crippen molar-refractivity contribution in [1.29, 1.82) is 0 Å². The van der Waals surface area contributed by atoms with Crippen molar-refractivity contribution in [3.63, 3.8) is 0 Å². The Morgan fingerprint density at radius 1 is 1.43 bits per heavy atom. The molecule has 2 nitrogen and oxygen atoms in total. The summed E-state index contributed by atoms with van der Waals surface area (Å²) in [5.41, 5.74) is 1.86. The maximum absolute atomic E-state index is 11.9. The molecule has 0 heterocycles. The Labute approximate surface area is 85.3 Å². The van der Waals surface area contributed by atoms with E-state index in [2.05, 4.69) is 5.32 Å². The summed E-state index contributed by atoms with van der Waals surface area (Å²) in [6.07, 6.45) is 0. The van der Waals surface area contributed by atoms with Crippen LogP contribution in [0.1, 0.15) is 29.8 Å². The van der Waals surface area contributed by atoms with Gasteiger partial charge in [-0.3, -0.25) is 4.79 Å². The van der Waals surface area contributed by atoms with E-state index in [9.17, 15) is 4.79 Å². The molecule has 0 radical (unpaired) electrons. The van der Waals surface area contributed by atoms with Gasteiger partial charge in [-0.2, -0.15) is 0 Å². The van der Waals surface area contributed by atoms with Gasteiger partial charge in [0.05, 0.1) is 6.04 Å². The maximum Gasteiger partial charge on any atom is 0.179 e. The van der Waals surface area contributed by atoms with Gasteiger partial charge in [0, 0.05) is 5.56 Å². The minimum Gasteiger partial charge on any atom is -0.308 e. The molecule has 0 aliphatic carbocycles. The zero-order valence-electron chi connectivity index (χ0n) is 9.00. The Hall–Kier alpha value is -1.15. The van der Waals surface area contributed by atoms with Crippen LogP contribution in [0, 0.1) is 6.92 Å². The van der Waals surface area contributed by atoms with E-state index in [-0.39, 0.29) is 11.8 Å². The van der Waals surface area contributed by atoms with E-state index in [1.54, 1.807) is 0 Å². The van der Waals surface area contributed by atoms with Crippen molar-refractivity contribution in [3.8, 4) is 0 Å². The number of carbonyl (C=O) groups is 1. The van der Waals surface area contributed by atoms with Crippen LogP contribution in [0.2, 0.25) is 0 Å². The molecule has 14 heavy (non-hydrogen) atoms. The summed E-state index contributed by atoms with van der Waals surface area (Å²) in [6, 6.07) is 7.60. The highest BCUT2D eigenvalue weighted by molar-refractivity contribution is 6.01. The third-order valence-corrected chi connectivity index (χ3v) is 2.31. The molecule has 0 aliphatic rings. The third-order valence-electron chi connectivity index (χ3n) is 2.31. The molecule has 0 spiro atoms. The number of hydrogen-bond acceptors (Lipinski definition) is 2. The van der Waals surface area contributed by atoms with Crippen LogP contribution in [-0.4, -0.2) is 18.4 Å². The average molecular weight is 191 g/mol. The van der Waals surface area contributed by atoms with Gasteiger partial charge in [-0.1, -0.05) is 31.2 Å². The Bertz CT molecular complexity index is 320. The van der Waals surface area contributed by atoms with Gasteiger partial charge in [0.1, 0.15) is 0 Å². The summed E-state index contributed by atoms with van der Waals surface area (Å²) in [6.45, 7) is 6.69. The van der Waals surface area contributed by atoms with Crippen LogP contribution >= 0.6 is 0 Å². The van der Waals surface area contributed by atoms with Crippen molar-refractivity contribution in [3.05, 3.63) is 35.4 Å². The van der Waals surface area contributed by atoms with Gasteiger partial charge in [-0.25, -0.2) is 0 Å². The van der Waals surface area contributed by atoms with Crippen molar-refractivity contribution in [1.82, 2.24) is 5.32 Å². The number of carbonyl (C=O) groups excluding carboxylic acids is 1. The molecular weight excluding hydrogens is 174 g/mol. The Balaban J connectivity index is 2.84. The minimum absolute atomic E-state index is 0.0962. The first kappa shape index (κ1) is 10.9. The van der Waals surface area contributed by atoms with Crippen LogP contribution in [0.25, 0.3) is 0 Å². The number of aryl methyl sites for hydroxylation is 1. The zero-order valence-corrected chi connectivity index (χ0v) is 9.00. The molecule has 1 atom stereocenters. The van der Waals surface area contributed by atoms with Crippen molar-refractivity contribution in [2.24, 2.45) is 0 Å². The molecule has 0 unspecified atom stereocenters. The van der Waals surface area contributed by atoms with Gasteiger partial charge in [0.2, 0.25) is 0 Å². The molecular formula is C12H17NO. The van der Waals surface area contributed by atoms with Crippen molar-refractivity contribution < 1.29 is 4.79 Å². The standard InChI is InChI=1S/C12H17NO/c1-4-13-10(3)12(14)11-8-6-5-7-9(11)2/h5-8,10,13H,4H2,1-3H3/t10-/m0/s1.